The van der Waals surface area contributed by atoms with E-state index in [4.69, 9.17) is 9.47 Å². The Hall–Kier alpha value is -2.73. The highest BCUT2D eigenvalue weighted by Crippen LogP contribution is 2.33. The van der Waals surface area contributed by atoms with Gasteiger partial charge in [-0.1, -0.05) is 36.4 Å². The monoisotopic (exact) mass is 355 g/mol. The van der Waals surface area contributed by atoms with Crippen LogP contribution < -0.4 is 14.2 Å². The van der Waals surface area contributed by atoms with Crippen molar-refractivity contribution in [3.63, 3.8) is 0 Å². The lowest BCUT2D eigenvalue weighted by molar-refractivity contribution is 0.297. The van der Waals surface area contributed by atoms with Gasteiger partial charge in [-0.3, -0.25) is 4.72 Å². The van der Waals surface area contributed by atoms with Gasteiger partial charge in [-0.05, 0) is 23.6 Å². The van der Waals surface area contributed by atoms with Crippen molar-refractivity contribution in [3.8, 4) is 11.5 Å². The summed E-state index contributed by atoms with van der Waals surface area (Å²) in [6.07, 6.45) is 0.769. The van der Waals surface area contributed by atoms with Crippen molar-refractivity contribution >= 4 is 26.5 Å². The van der Waals surface area contributed by atoms with Gasteiger partial charge >= 0.3 is 0 Å². The van der Waals surface area contributed by atoms with Crippen molar-refractivity contribution in [1.29, 1.82) is 0 Å². The third-order valence-corrected chi connectivity index (χ3v) is 5.43. The first-order valence-corrected chi connectivity index (χ1v) is 9.52. The summed E-state index contributed by atoms with van der Waals surface area (Å²) in [5, 5.41) is 1.82. The predicted molar refractivity (Wildman–Crippen MR) is 96.8 cm³/mol. The van der Waals surface area contributed by atoms with Gasteiger partial charge in [0, 0.05) is 17.9 Å². The molecule has 0 bridgehead atoms. The Bertz CT molecular complexity index is 1030. The van der Waals surface area contributed by atoms with E-state index in [-0.39, 0.29) is 4.90 Å². The molecule has 1 heterocycles. The summed E-state index contributed by atoms with van der Waals surface area (Å²) in [5.74, 6) is 1.03. The van der Waals surface area contributed by atoms with E-state index in [1.54, 1.807) is 12.1 Å². The Morgan fingerprint density at radius 3 is 2.48 bits per heavy atom. The zero-order chi connectivity index (χ0) is 17.3. The SMILES string of the molecule is O=S(=O)(Nc1cccc2ccccc12)c1ccc2c(c1)OCCCO2. The summed E-state index contributed by atoms with van der Waals surface area (Å²) in [5.41, 5.74) is 0.546. The van der Waals surface area contributed by atoms with E-state index < -0.39 is 10.0 Å². The van der Waals surface area contributed by atoms with Gasteiger partial charge in [-0.15, -0.1) is 0 Å². The summed E-state index contributed by atoms with van der Waals surface area (Å²) >= 11 is 0. The van der Waals surface area contributed by atoms with Gasteiger partial charge in [0.1, 0.15) is 0 Å². The Kier molecular flexibility index (Phi) is 3.97. The maximum atomic E-state index is 12.8. The average Bonchev–Trinajstić information content (AvgIpc) is 2.86. The normalized spacial score (nSPS) is 14.1. The molecule has 0 spiro atoms. The van der Waals surface area contributed by atoms with Gasteiger partial charge in [0.15, 0.2) is 11.5 Å². The number of hydrogen-bond acceptors (Lipinski definition) is 4. The Morgan fingerprint density at radius 2 is 1.60 bits per heavy atom. The van der Waals surface area contributed by atoms with Crippen molar-refractivity contribution in [2.24, 2.45) is 0 Å². The zero-order valence-corrected chi connectivity index (χ0v) is 14.3. The van der Waals surface area contributed by atoms with Gasteiger partial charge < -0.3 is 9.47 Å². The standard InChI is InChI=1S/C19H17NO4S/c21-25(22,15-9-10-18-19(13-15)24-12-4-11-23-18)20-17-8-3-6-14-5-1-2-7-16(14)17/h1-3,5-10,13,20H,4,11-12H2. The number of anilines is 1. The van der Waals surface area contributed by atoms with Crippen molar-refractivity contribution in [1.82, 2.24) is 0 Å². The van der Waals surface area contributed by atoms with Crippen molar-refractivity contribution < 1.29 is 17.9 Å². The second-order valence-corrected chi connectivity index (χ2v) is 7.47. The van der Waals surface area contributed by atoms with Gasteiger partial charge in [0.2, 0.25) is 0 Å². The van der Waals surface area contributed by atoms with Crippen LogP contribution in [0.4, 0.5) is 5.69 Å². The third kappa shape index (κ3) is 3.13. The Morgan fingerprint density at radius 1 is 0.840 bits per heavy atom. The molecule has 0 radical (unpaired) electrons. The van der Waals surface area contributed by atoms with E-state index in [0.29, 0.717) is 30.4 Å². The van der Waals surface area contributed by atoms with Crippen LogP contribution in [0.5, 0.6) is 11.5 Å². The number of fused-ring (bicyclic) bond motifs is 2. The van der Waals surface area contributed by atoms with E-state index in [2.05, 4.69) is 4.72 Å². The maximum Gasteiger partial charge on any atom is 0.262 e. The van der Waals surface area contributed by atoms with Crippen molar-refractivity contribution in [2.75, 3.05) is 17.9 Å². The molecule has 0 saturated heterocycles. The number of rotatable bonds is 3. The molecule has 25 heavy (non-hydrogen) atoms. The maximum absolute atomic E-state index is 12.8. The molecular weight excluding hydrogens is 338 g/mol. The predicted octanol–water partition coefficient (Wildman–Crippen LogP) is 3.80. The Labute approximate surface area is 146 Å². The van der Waals surface area contributed by atoms with Crippen LogP contribution in [0.3, 0.4) is 0 Å². The molecule has 0 unspecified atom stereocenters. The minimum atomic E-state index is -3.74. The van der Waals surface area contributed by atoms with Crippen LogP contribution in [-0.4, -0.2) is 21.6 Å². The molecule has 0 fully saturated rings. The third-order valence-electron chi connectivity index (χ3n) is 4.06. The second-order valence-electron chi connectivity index (χ2n) is 5.79. The van der Waals surface area contributed by atoms with E-state index >= 15 is 0 Å². The van der Waals surface area contributed by atoms with E-state index in [1.807, 2.05) is 36.4 Å². The highest BCUT2D eigenvalue weighted by molar-refractivity contribution is 7.92. The lowest BCUT2D eigenvalue weighted by Gasteiger charge is -2.13. The fourth-order valence-electron chi connectivity index (χ4n) is 2.83. The molecule has 0 aromatic heterocycles. The van der Waals surface area contributed by atoms with Crippen LogP contribution in [0.15, 0.2) is 65.6 Å². The fourth-order valence-corrected chi connectivity index (χ4v) is 3.92. The highest BCUT2D eigenvalue weighted by Gasteiger charge is 2.19. The number of sulfonamides is 1. The molecule has 0 aliphatic carbocycles. The summed E-state index contributed by atoms with van der Waals surface area (Å²) < 4.78 is 39.4. The topological polar surface area (TPSA) is 64.6 Å². The largest absolute Gasteiger partial charge is 0.490 e. The van der Waals surface area contributed by atoms with E-state index in [1.165, 1.54) is 12.1 Å². The van der Waals surface area contributed by atoms with Crippen molar-refractivity contribution in [2.45, 2.75) is 11.3 Å². The lowest BCUT2D eigenvalue weighted by Crippen LogP contribution is -2.13. The summed E-state index contributed by atoms with van der Waals surface area (Å²) in [6, 6.07) is 17.8. The number of nitrogens with one attached hydrogen (secondary N) is 1. The molecule has 0 saturated carbocycles. The van der Waals surface area contributed by atoms with Crippen LogP contribution >= 0.6 is 0 Å². The first-order chi connectivity index (χ1) is 12.1. The fraction of sp³-hybridized carbons (Fsp3) is 0.158. The second kappa shape index (κ2) is 6.29. The zero-order valence-electron chi connectivity index (χ0n) is 13.4. The smallest absolute Gasteiger partial charge is 0.262 e. The minimum Gasteiger partial charge on any atom is -0.490 e. The molecule has 0 amide bonds. The first-order valence-electron chi connectivity index (χ1n) is 8.04. The summed E-state index contributed by atoms with van der Waals surface area (Å²) in [6.45, 7) is 1.07. The first kappa shape index (κ1) is 15.8. The molecule has 1 aliphatic heterocycles. The van der Waals surface area contributed by atoms with Gasteiger partial charge in [-0.25, -0.2) is 8.42 Å². The minimum absolute atomic E-state index is 0.143. The number of hydrogen-bond donors (Lipinski definition) is 1. The molecular formula is C19H17NO4S. The van der Waals surface area contributed by atoms with Gasteiger partial charge in [-0.2, -0.15) is 0 Å². The molecule has 6 heteroatoms. The highest BCUT2D eigenvalue weighted by atomic mass is 32.2. The van der Waals surface area contributed by atoms with Crippen LogP contribution in [0, 0.1) is 0 Å². The summed E-state index contributed by atoms with van der Waals surface area (Å²) in [7, 11) is -3.74. The Balaban J connectivity index is 1.71. The van der Waals surface area contributed by atoms with Gasteiger partial charge in [0.25, 0.3) is 10.0 Å². The number of ether oxygens (including phenoxy) is 2. The molecule has 1 aliphatic rings. The van der Waals surface area contributed by atoms with Crippen LogP contribution in [-0.2, 0) is 10.0 Å². The molecule has 5 nitrogen and oxygen atoms in total. The average molecular weight is 355 g/mol. The number of benzene rings is 3. The van der Waals surface area contributed by atoms with Crippen LogP contribution in [0.1, 0.15) is 6.42 Å². The molecule has 4 rings (SSSR count). The van der Waals surface area contributed by atoms with E-state index in [9.17, 15) is 8.42 Å². The van der Waals surface area contributed by atoms with Crippen LogP contribution in [0.25, 0.3) is 10.8 Å². The quantitative estimate of drug-likeness (QED) is 0.776. The molecule has 0 atom stereocenters. The van der Waals surface area contributed by atoms with E-state index in [0.717, 1.165) is 17.2 Å². The van der Waals surface area contributed by atoms with Gasteiger partial charge in [0.05, 0.1) is 23.8 Å². The molecule has 3 aromatic carbocycles. The molecule has 3 aromatic rings. The van der Waals surface area contributed by atoms with Crippen LogP contribution in [0.2, 0.25) is 0 Å². The molecule has 1 N–H and O–H groups in total. The van der Waals surface area contributed by atoms with Crippen molar-refractivity contribution in [3.05, 3.63) is 60.7 Å². The summed E-state index contributed by atoms with van der Waals surface area (Å²) in [4.78, 5) is 0.143. The molecule has 128 valence electrons. The lowest BCUT2D eigenvalue weighted by atomic mass is 10.1.